The molecule has 0 unspecified atom stereocenters. The van der Waals surface area contributed by atoms with Crippen LogP contribution in [0.25, 0.3) is 11.1 Å². The van der Waals surface area contributed by atoms with Crippen molar-refractivity contribution in [1.29, 1.82) is 0 Å². The normalized spacial score (nSPS) is 10.4. The molecule has 0 radical (unpaired) electrons. The Kier molecular flexibility index (Phi) is 6.34. The van der Waals surface area contributed by atoms with Gasteiger partial charge < -0.3 is 14.8 Å². The fourth-order valence-corrected chi connectivity index (χ4v) is 3.72. The zero-order valence-corrected chi connectivity index (χ0v) is 16.9. The summed E-state index contributed by atoms with van der Waals surface area (Å²) in [6, 6.07) is 13.9. The molecule has 1 amide bonds. The number of anilines is 1. The Hall–Kier alpha value is -2.83. The van der Waals surface area contributed by atoms with Gasteiger partial charge in [0, 0.05) is 21.5 Å². The van der Waals surface area contributed by atoms with Gasteiger partial charge in [-0.1, -0.05) is 23.7 Å². The molecule has 3 rings (SSSR count). The van der Waals surface area contributed by atoms with E-state index in [9.17, 15) is 9.59 Å². The minimum absolute atomic E-state index is 0.314. The Morgan fingerprint density at radius 3 is 2.36 bits per heavy atom. The summed E-state index contributed by atoms with van der Waals surface area (Å²) >= 11 is 7.21. The van der Waals surface area contributed by atoms with E-state index in [0.717, 1.165) is 5.56 Å². The highest BCUT2D eigenvalue weighted by atomic mass is 35.5. The second-order valence-electron chi connectivity index (χ2n) is 5.76. The molecule has 0 saturated carbocycles. The minimum Gasteiger partial charge on any atom is -0.494 e. The maximum atomic E-state index is 12.6. The van der Waals surface area contributed by atoms with Crippen LogP contribution >= 0.6 is 22.9 Å². The molecule has 1 aromatic heterocycles. The average molecular weight is 416 g/mol. The highest BCUT2D eigenvalue weighted by molar-refractivity contribution is 7.15. The highest BCUT2D eigenvalue weighted by Gasteiger charge is 2.22. The van der Waals surface area contributed by atoms with Gasteiger partial charge in [0.25, 0.3) is 5.91 Å². The number of carbonyl (C=O) groups is 2. The molecule has 5 nitrogen and oxygen atoms in total. The van der Waals surface area contributed by atoms with E-state index in [1.165, 1.54) is 18.4 Å². The lowest BCUT2D eigenvalue weighted by Gasteiger charge is -2.09. The molecule has 1 N–H and O–H groups in total. The smallest absolute Gasteiger partial charge is 0.341 e. The molecule has 144 valence electrons. The van der Waals surface area contributed by atoms with Crippen LogP contribution in [0.4, 0.5) is 5.00 Å². The molecule has 0 atom stereocenters. The van der Waals surface area contributed by atoms with Crippen molar-refractivity contribution in [3.63, 3.8) is 0 Å². The lowest BCUT2D eigenvalue weighted by atomic mass is 10.0. The van der Waals surface area contributed by atoms with E-state index in [0.29, 0.717) is 39.1 Å². The zero-order chi connectivity index (χ0) is 20.1. The molecular formula is C21H18ClNO4S. The molecule has 0 saturated heterocycles. The van der Waals surface area contributed by atoms with E-state index >= 15 is 0 Å². The van der Waals surface area contributed by atoms with E-state index in [-0.39, 0.29) is 5.91 Å². The second kappa shape index (κ2) is 8.91. The van der Waals surface area contributed by atoms with Crippen LogP contribution in [0, 0.1) is 0 Å². The summed E-state index contributed by atoms with van der Waals surface area (Å²) in [6.07, 6.45) is 0. The van der Waals surface area contributed by atoms with E-state index in [4.69, 9.17) is 21.1 Å². The van der Waals surface area contributed by atoms with Crippen LogP contribution < -0.4 is 10.1 Å². The van der Waals surface area contributed by atoms with Crippen molar-refractivity contribution in [2.75, 3.05) is 19.0 Å². The van der Waals surface area contributed by atoms with Crippen LogP contribution in [0.1, 0.15) is 27.6 Å². The van der Waals surface area contributed by atoms with E-state index in [1.54, 1.807) is 36.4 Å². The number of esters is 1. The first kappa shape index (κ1) is 19.9. The number of benzene rings is 2. The Labute approximate surface area is 171 Å². The van der Waals surface area contributed by atoms with Gasteiger partial charge in [-0.3, -0.25) is 4.79 Å². The van der Waals surface area contributed by atoms with Crippen LogP contribution in [0.5, 0.6) is 5.75 Å². The first-order valence-electron chi connectivity index (χ1n) is 8.53. The van der Waals surface area contributed by atoms with E-state index < -0.39 is 5.97 Å². The molecule has 0 aliphatic carbocycles. The predicted molar refractivity (Wildman–Crippen MR) is 112 cm³/mol. The van der Waals surface area contributed by atoms with Crippen molar-refractivity contribution in [2.24, 2.45) is 0 Å². The number of methoxy groups -OCH3 is 1. The fourth-order valence-electron chi connectivity index (χ4n) is 2.64. The molecular weight excluding hydrogens is 398 g/mol. The van der Waals surface area contributed by atoms with Crippen LogP contribution in [-0.2, 0) is 4.74 Å². The van der Waals surface area contributed by atoms with Gasteiger partial charge in [0.1, 0.15) is 16.3 Å². The first-order valence-corrected chi connectivity index (χ1v) is 9.79. The summed E-state index contributed by atoms with van der Waals surface area (Å²) in [6.45, 7) is 2.45. The number of rotatable bonds is 6. The molecule has 2 aromatic carbocycles. The maximum Gasteiger partial charge on any atom is 0.341 e. The standard InChI is InChI=1S/C21H18ClNO4S/c1-3-27-16-10-6-14(7-11-16)19(24)23-20-18(21(25)26-2)17(12-28-20)13-4-8-15(22)9-5-13/h4-12H,3H2,1-2H3,(H,23,24). The summed E-state index contributed by atoms with van der Waals surface area (Å²) in [5.74, 6) is -0.152. The summed E-state index contributed by atoms with van der Waals surface area (Å²) < 4.78 is 10.3. The molecule has 0 aliphatic rings. The van der Waals surface area contributed by atoms with Gasteiger partial charge in [-0.15, -0.1) is 11.3 Å². The molecule has 3 aromatic rings. The first-order chi connectivity index (χ1) is 13.5. The predicted octanol–water partition coefficient (Wildman–Crippen LogP) is 5.51. The molecule has 7 heteroatoms. The SMILES string of the molecule is CCOc1ccc(C(=O)Nc2scc(-c3ccc(Cl)cc3)c2C(=O)OC)cc1. The average Bonchev–Trinajstić information content (AvgIpc) is 3.12. The molecule has 0 spiro atoms. The topological polar surface area (TPSA) is 64.6 Å². The number of thiophene rings is 1. The zero-order valence-electron chi connectivity index (χ0n) is 15.3. The van der Waals surface area contributed by atoms with Crippen molar-refractivity contribution in [3.8, 4) is 16.9 Å². The van der Waals surface area contributed by atoms with Crippen LogP contribution in [0.3, 0.4) is 0 Å². The highest BCUT2D eigenvalue weighted by Crippen LogP contribution is 2.36. The number of hydrogen-bond donors (Lipinski definition) is 1. The number of amides is 1. The number of carbonyl (C=O) groups excluding carboxylic acids is 2. The Balaban J connectivity index is 1.90. The van der Waals surface area contributed by atoms with Crippen LogP contribution in [0.2, 0.25) is 5.02 Å². The van der Waals surface area contributed by atoms with Crippen molar-refractivity contribution in [1.82, 2.24) is 0 Å². The summed E-state index contributed by atoms with van der Waals surface area (Å²) in [7, 11) is 1.31. The van der Waals surface area contributed by atoms with Gasteiger partial charge in [-0.25, -0.2) is 4.79 Å². The number of ether oxygens (including phenoxy) is 2. The number of halogens is 1. The number of hydrogen-bond acceptors (Lipinski definition) is 5. The van der Waals surface area contributed by atoms with Crippen molar-refractivity contribution in [2.45, 2.75) is 6.92 Å². The number of nitrogens with one attached hydrogen (secondary N) is 1. The third-order valence-electron chi connectivity index (χ3n) is 3.99. The summed E-state index contributed by atoms with van der Waals surface area (Å²) in [5.41, 5.74) is 2.26. The van der Waals surface area contributed by atoms with Crippen molar-refractivity contribution < 1.29 is 19.1 Å². The molecule has 0 fully saturated rings. The van der Waals surface area contributed by atoms with Gasteiger partial charge in [0.15, 0.2) is 0 Å². The van der Waals surface area contributed by atoms with Gasteiger partial charge in [0.05, 0.1) is 13.7 Å². The minimum atomic E-state index is -0.520. The Morgan fingerprint density at radius 2 is 1.75 bits per heavy atom. The Bertz CT molecular complexity index is 981. The molecule has 28 heavy (non-hydrogen) atoms. The second-order valence-corrected chi connectivity index (χ2v) is 7.08. The summed E-state index contributed by atoms with van der Waals surface area (Å²) in [5, 5.41) is 5.64. The third kappa shape index (κ3) is 4.35. The van der Waals surface area contributed by atoms with Gasteiger partial charge >= 0.3 is 5.97 Å². The van der Waals surface area contributed by atoms with E-state index in [2.05, 4.69) is 5.32 Å². The Morgan fingerprint density at radius 1 is 1.07 bits per heavy atom. The van der Waals surface area contributed by atoms with Gasteiger partial charge in [0.2, 0.25) is 0 Å². The molecule has 1 heterocycles. The lowest BCUT2D eigenvalue weighted by molar-refractivity contribution is 0.0603. The largest absolute Gasteiger partial charge is 0.494 e. The van der Waals surface area contributed by atoms with Crippen molar-refractivity contribution >= 4 is 39.8 Å². The van der Waals surface area contributed by atoms with E-state index in [1.807, 2.05) is 24.4 Å². The lowest BCUT2D eigenvalue weighted by Crippen LogP contribution is -2.14. The third-order valence-corrected chi connectivity index (χ3v) is 5.14. The monoisotopic (exact) mass is 415 g/mol. The van der Waals surface area contributed by atoms with Gasteiger partial charge in [-0.2, -0.15) is 0 Å². The fraction of sp³-hybridized carbons (Fsp3) is 0.143. The van der Waals surface area contributed by atoms with Gasteiger partial charge in [-0.05, 0) is 48.9 Å². The molecule has 0 aliphatic heterocycles. The quantitative estimate of drug-likeness (QED) is 0.539. The van der Waals surface area contributed by atoms with Crippen LogP contribution in [-0.4, -0.2) is 25.6 Å². The summed E-state index contributed by atoms with van der Waals surface area (Å²) in [4.78, 5) is 25.0. The van der Waals surface area contributed by atoms with Crippen molar-refractivity contribution in [3.05, 3.63) is 70.1 Å². The van der Waals surface area contributed by atoms with Crippen LogP contribution in [0.15, 0.2) is 53.9 Å². The maximum absolute atomic E-state index is 12.6. The molecule has 0 bridgehead atoms.